The van der Waals surface area contributed by atoms with Gasteiger partial charge in [0.15, 0.2) is 0 Å². The number of tetrazole rings is 1. The average molecular weight is 204 g/mol. The van der Waals surface area contributed by atoms with Crippen LogP contribution in [0.3, 0.4) is 0 Å². The van der Waals surface area contributed by atoms with Crippen LogP contribution in [0.5, 0.6) is 5.75 Å². The lowest BCUT2D eigenvalue weighted by Gasteiger charge is -2.08. The van der Waals surface area contributed by atoms with Gasteiger partial charge in [0.25, 0.3) is 0 Å². The molecule has 1 N–H and O–H groups in total. The molecule has 0 fully saturated rings. The third-order valence-electron chi connectivity index (χ3n) is 2.17. The second-order valence-corrected chi connectivity index (χ2v) is 3.10. The van der Waals surface area contributed by atoms with Crippen LogP contribution in [0.1, 0.15) is 12.5 Å². The Hall–Kier alpha value is -1.91. The number of benzene rings is 1. The van der Waals surface area contributed by atoms with Gasteiger partial charge >= 0.3 is 0 Å². The molecule has 1 aromatic carbocycles. The van der Waals surface area contributed by atoms with E-state index in [0.717, 1.165) is 16.9 Å². The molecule has 0 radical (unpaired) electrons. The number of hydrogen-bond donors (Lipinski definition) is 1. The van der Waals surface area contributed by atoms with Gasteiger partial charge in [-0.25, -0.2) is 0 Å². The molecular weight excluding hydrogens is 192 g/mol. The Balaban J connectivity index is 2.45. The molecule has 0 aliphatic carbocycles. The van der Waals surface area contributed by atoms with Crippen LogP contribution < -0.4 is 4.74 Å². The third-order valence-corrected chi connectivity index (χ3v) is 2.17. The smallest absolute Gasteiger partial charge is 0.205 e. The molecular formula is C10H12N4O. The van der Waals surface area contributed by atoms with E-state index in [1.807, 2.05) is 32.0 Å². The summed E-state index contributed by atoms with van der Waals surface area (Å²) in [6.45, 7) is 4.59. The molecule has 15 heavy (non-hydrogen) atoms. The minimum atomic E-state index is 0.592. The van der Waals surface area contributed by atoms with Crippen molar-refractivity contribution >= 4 is 0 Å². The Morgan fingerprint density at radius 2 is 2.27 bits per heavy atom. The van der Waals surface area contributed by atoms with Crippen LogP contribution in [0.4, 0.5) is 0 Å². The van der Waals surface area contributed by atoms with Crippen molar-refractivity contribution in [1.82, 2.24) is 20.6 Å². The van der Waals surface area contributed by atoms with Crippen LogP contribution in [0, 0.1) is 6.92 Å². The molecule has 0 unspecified atom stereocenters. The molecule has 0 saturated carbocycles. The number of aromatic amines is 1. The lowest BCUT2D eigenvalue weighted by molar-refractivity contribution is 0.338. The van der Waals surface area contributed by atoms with Gasteiger partial charge in [0.05, 0.1) is 6.61 Å². The lowest BCUT2D eigenvalue weighted by Crippen LogP contribution is -1.95. The molecule has 5 heteroatoms. The fraction of sp³-hybridized carbons (Fsp3) is 0.300. The Labute approximate surface area is 87.5 Å². The quantitative estimate of drug-likeness (QED) is 0.824. The lowest BCUT2D eigenvalue weighted by atomic mass is 10.1. The van der Waals surface area contributed by atoms with Crippen LogP contribution in [0.2, 0.25) is 0 Å². The summed E-state index contributed by atoms with van der Waals surface area (Å²) in [7, 11) is 0. The highest BCUT2D eigenvalue weighted by atomic mass is 16.5. The summed E-state index contributed by atoms with van der Waals surface area (Å²) in [5.74, 6) is 1.45. The predicted molar refractivity (Wildman–Crippen MR) is 55.5 cm³/mol. The first-order valence-corrected chi connectivity index (χ1v) is 4.79. The van der Waals surface area contributed by atoms with Crippen molar-refractivity contribution < 1.29 is 4.74 Å². The Morgan fingerprint density at radius 3 is 2.93 bits per heavy atom. The van der Waals surface area contributed by atoms with Crippen LogP contribution in [0.25, 0.3) is 11.4 Å². The first kappa shape index (κ1) is 9.64. The molecule has 0 aliphatic heterocycles. The van der Waals surface area contributed by atoms with Gasteiger partial charge in [0, 0.05) is 11.1 Å². The summed E-state index contributed by atoms with van der Waals surface area (Å²) in [5.41, 5.74) is 1.97. The van der Waals surface area contributed by atoms with Crippen molar-refractivity contribution in [3.05, 3.63) is 23.8 Å². The standard InChI is InChI=1S/C10H12N4O/c1-3-15-9-6-4-5-8(7(9)2)10-11-13-14-12-10/h4-6H,3H2,1-2H3,(H,11,12,13,14). The molecule has 2 rings (SSSR count). The van der Waals surface area contributed by atoms with Crippen molar-refractivity contribution in [2.45, 2.75) is 13.8 Å². The summed E-state index contributed by atoms with van der Waals surface area (Å²) < 4.78 is 5.49. The van der Waals surface area contributed by atoms with Gasteiger partial charge in [-0.2, -0.15) is 5.21 Å². The van der Waals surface area contributed by atoms with Gasteiger partial charge in [-0.15, -0.1) is 10.2 Å². The summed E-state index contributed by atoms with van der Waals surface area (Å²) in [6, 6.07) is 5.80. The fourth-order valence-electron chi connectivity index (χ4n) is 1.44. The maximum absolute atomic E-state index is 5.49. The summed E-state index contributed by atoms with van der Waals surface area (Å²) >= 11 is 0. The minimum Gasteiger partial charge on any atom is -0.494 e. The number of H-pyrrole nitrogens is 1. The van der Waals surface area contributed by atoms with E-state index in [1.54, 1.807) is 0 Å². The van der Waals surface area contributed by atoms with E-state index in [-0.39, 0.29) is 0 Å². The SMILES string of the molecule is CCOc1cccc(-c2nn[nH]n2)c1C. The predicted octanol–water partition coefficient (Wildman–Crippen LogP) is 1.57. The highest BCUT2D eigenvalue weighted by Gasteiger charge is 2.09. The number of aromatic nitrogens is 4. The summed E-state index contributed by atoms with van der Waals surface area (Å²) in [6.07, 6.45) is 0. The molecule has 78 valence electrons. The first-order chi connectivity index (χ1) is 7.33. The average Bonchev–Trinajstić information content (AvgIpc) is 2.74. The zero-order valence-corrected chi connectivity index (χ0v) is 8.69. The highest BCUT2D eigenvalue weighted by molar-refractivity contribution is 5.62. The molecule has 0 bridgehead atoms. The third kappa shape index (κ3) is 1.81. The van der Waals surface area contributed by atoms with E-state index in [1.165, 1.54) is 0 Å². The largest absolute Gasteiger partial charge is 0.494 e. The van der Waals surface area contributed by atoms with E-state index in [2.05, 4.69) is 20.6 Å². The Morgan fingerprint density at radius 1 is 1.40 bits per heavy atom. The molecule has 0 atom stereocenters. The molecule has 1 aromatic heterocycles. The van der Waals surface area contributed by atoms with Crippen molar-refractivity contribution in [3.63, 3.8) is 0 Å². The van der Waals surface area contributed by atoms with E-state index < -0.39 is 0 Å². The van der Waals surface area contributed by atoms with Gasteiger partial charge < -0.3 is 4.74 Å². The van der Waals surface area contributed by atoms with Crippen LogP contribution in [0.15, 0.2) is 18.2 Å². The van der Waals surface area contributed by atoms with Crippen LogP contribution in [-0.4, -0.2) is 27.2 Å². The maximum atomic E-state index is 5.49. The Bertz CT molecular complexity index is 439. The van der Waals surface area contributed by atoms with Crippen molar-refractivity contribution in [2.75, 3.05) is 6.61 Å². The van der Waals surface area contributed by atoms with Crippen molar-refractivity contribution in [1.29, 1.82) is 0 Å². The molecule has 0 saturated heterocycles. The van der Waals surface area contributed by atoms with Gasteiger partial charge in [-0.05, 0) is 25.1 Å². The van der Waals surface area contributed by atoms with Gasteiger partial charge in [0.2, 0.25) is 5.82 Å². The van der Waals surface area contributed by atoms with Gasteiger partial charge in [-0.3, -0.25) is 0 Å². The molecule has 2 aromatic rings. The zero-order chi connectivity index (χ0) is 10.7. The highest BCUT2D eigenvalue weighted by Crippen LogP contribution is 2.26. The maximum Gasteiger partial charge on any atom is 0.205 e. The number of rotatable bonds is 3. The van der Waals surface area contributed by atoms with E-state index in [9.17, 15) is 0 Å². The van der Waals surface area contributed by atoms with Crippen molar-refractivity contribution in [3.8, 4) is 17.1 Å². The van der Waals surface area contributed by atoms with Gasteiger partial charge in [-0.1, -0.05) is 12.1 Å². The number of ether oxygens (including phenoxy) is 1. The van der Waals surface area contributed by atoms with Crippen LogP contribution in [-0.2, 0) is 0 Å². The van der Waals surface area contributed by atoms with Crippen LogP contribution >= 0.6 is 0 Å². The number of nitrogens with one attached hydrogen (secondary N) is 1. The van der Waals surface area contributed by atoms with Gasteiger partial charge in [0.1, 0.15) is 5.75 Å². The minimum absolute atomic E-state index is 0.592. The molecule has 0 amide bonds. The monoisotopic (exact) mass is 204 g/mol. The van der Waals surface area contributed by atoms with E-state index >= 15 is 0 Å². The topological polar surface area (TPSA) is 63.7 Å². The normalized spacial score (nSPS) is 10.3. The van der Waals surface area contributed by atoms with E-state index in [4.69, 9.17) is 4.74 Å². The zero-order valence-electron chi connectivity index (χ0n) is 8.69. The molecule has 1 heterocycles. The fourth-order valence-corrected chi connectivity index (χ4v) is 1.44. The van der Waals surface area contributed by atoms with Crippen molar-refractivity contribution in [2.24, 2.45) is 0 Å². The molecule has 0 spiro atoms. The summed E-state index contributed by atoms with van der Waals surface area (Å²) in [5, 5.41) is 13.9. The first-order valence-electron chi connectivity index (χ1n) is 4.79. The molecule has 5 nitrogen and oxygen atoms in total. The second kappa shape index (κ2) is 4.08. The van der Waals surface area contributed by atoms with E-state index in [0.29, 0.717) is 12.4 Å². The second-order valence-electron chi connectivity index (χ2n) is 3.10. The molecule has 0 aliphatic rings. The number of nitrogens with zero attached hydrogens (tertiary/aromatic N) is 3. The number of hydrogen-bond acceptors (Lipinski definition) is 4. The summed E-state index contributed by atoms with van der Waals surface area (Å²) in [4.78, 5) is 0. The Kier molecular flexibility index (Phi) is 2.62.